The Bertz CT molecular complexity index is 1390. The number of benzene rings is 4. The first-order valence-corrected chi connectivity index (χ1v) is 11.5. The largest absolute Gasteiger partial charge is 0.344 e. The summed E-state index contributed by atoms with van der Waals surface area (Å²) in [6.07, 6.45) is 0. The van der Waals surface area contributed by atoms with E-state index in [4.69, 9.17) is 0 Å². The fourth-order valence-electron chi connectivity index (χ4n) is 6.14. The number of hydrogen-bond acceptors (Lipinski definition) is 1. The van der Waals surface area contributed by atoms with Gasteiger partial charge in [-0.3, -0.25) is 0 Å². The fraction of sp³-hybridized carbons (Fsp3) is 0.226. The van der Waals surface area contributed by atoms with Gasteiger partial charge in [0.05, 0.1) is 0 Å². The highest BCUT2D eigenvalue weighted by atomic mass is 15.1. The average molecular weight is 416 g/mol. The molecule has 0 heterocycles. The Hall–Kier alpha value is -3.32. The van der Waals surface area contributed by atoms with Crippen LogP contribution in [0.5, 0.6) is 0 Å². The summed E-state index contributed by atoms with van der Waals surface area (Å²) in [4.78, 5) is 2.38. The van der Waals surface area contributed by atoms with Gasteiger partial charge in [-0.05, 0) is 62.7 Å². The summed E-state index contributed by atoms with van der Waals surface area (Å²) >= 11 is 0. The fourth-order valence-corrected chi connectivity index (χ4v) is 6.14. The first kappa shape index (κ1) is 19.4. The zero-order valence-corrected chi connectivity index (χ0v) is 19.5. The molecule has 4 aromatic carbocycles. The van der Waals surface area contributed by atoms with Crippen LogP contribution in [0.1, 0.15) is 49.9 Å². The summed E-state index contributed by atoms with van der Waals surface area (Å²) in [6, 6.07) is 31.5. The Morgan fingerprint density at radius 2 is 1.09 bits per heavy atom. The average Bonchev–Trinajstić information content (AvgIpc) is 3.19. The van der Waals surface area contributed by atoms with Crippen molar-refractivity contribution in [2.45, 2.75) is 38.5 Å². The molecule has 32 heavy (non-hydrogen) atoms. The molecular formula is C31H29N. The van der Waals surface area contributed by atoms with Gasteiger partial charge >= 0.3 is 0 Å². The molecule has 2 aliphatic rings. The third kappa shape index (κ3) is 2.40. The van der Waals surface area contributed by atoms with Crippen molar-refractivity contribution >= 4 is 11.4 Å². The van der Waals surface area contributed by atoms with E-state index >= 15 is 0 Å². The summed E-state index contributed by atoms with van der Waals surface area (Å²) in [5.41, 5.74) is 13.7. The van der Waals surface area contributed by atoms with Crippen molar-refractivity contribution in [3.63, 3.8) is 0 Å². The third-order valence-corrected chi connectivity index (χ3v) is 7.87. The van der Waals surface area contributed by atoms with E-state index in [1.807, 2.05) is 0 Å². The van der Waals surface area contributed by atoms with Gasteiger partial charge in [-0.1, -0.05) is 94.4 Å². The highest BCUT2D eigenvalue weighted by Gasteiger charge is 2.39. The van der Waals surface area contributed by atoms with Crippen LogP contribution in [0.4, 0.5) is 11.4 Å². The maximum Gasteiger partial charge on any atom is 0.0455 e. The minimum atomic E-state index is -0.0248. The normalized spacial score (nSPS) is 16.2. The molecule has 0 N–H and O–H groups in total. The molecular weight excluding hydrogens is 386 g/mol. The Labute approximate surface area is 191 Å². The second-order valence-corrected chi connectivity index (χ2v) is 10.3. The monoisotopic (exact) mass is 415 g/mol. The van der Waals surface area contributed by atoms with Gasteiger partial charge in [-0.2, -0.15) is 0 Å². The van der Waals surface area contributed by atoms with Gasteiger partial charge in [0.2, 0.25) is 0 Å². The molecule has 0 radical (unpaired) electrons. The van der Waals surface area contributed by atoms with Gasteiger partial charge in [0, 0.05) is 29.3 Å². The smallest absolute Gasteiger partial charge is 0.0455 e. The van der Waals surface area contributed by atoms with Crippen LogP contribution in [-0.4, -0.2) is 7.05 Å². The zero-order chi connectivity index (χ0) is 22.3. The molecule has 0 atom stereocenters. The molecule has 0 saturated carbocycles. The summed E-state index contributed by atoms with van der Waals surface area (Å²) < 4.78 is 0. The van der Waals surface area contributed by atoms with Crippen LogP contribution in [0.25, 0.3) is 22.3 Å². The van der Waals surface area contributed by atoms with Crippen LogP contribution in [0.15, 0.2) is 84.9 Å². The Kier molecular flexibility index (Phi) is 3.85. The molecule has 0 unspecified atom stereocenters. The van der Waals surface area contributed by atoms with Crippen molar-refractivity contribution in [2.24, 2.45) is 0 Å². The van der Waals surface area contributed by atoms with E-state index in [0.29, 0.717) is 0 Å². The summed E-state index contributed by atoms with van der Waals surface area (Å²) in [6.45, 7) is 9.41. The van der Waals surface area contributed by atoms with Crippen molar-refractivity contribution in [2.75, 3.05) is 11.9 Å². The molecule has 0 bridgehead atoms. The molecule has 1 heteroatoms. The summed E-state index contributed by atoms with van der Waals surface area (Å²) in [7, 11) is 2.21. The third-order valence-electron chi connectivity index (χ3n) is 7.87. The lowest BCUT2D eigenvalue weighted by Crippen LogP contribution is -2.21. The predicted octanol–water partition coefficient (Wildman–Crippen LogP) is 8.07. The van der Waals surface area contributed by atoms with Gasteiger partial charge in [0.15, 0.2) is 0 Å². The van der Waals surface area contributed by atoms with Crippen LogP contribution >= 0.6 is 0 Å². The SMILES string of the molecule is CN(c1ccc2c(c1)C(C)(C)c1ccccc1-2)c1cccc2c1C(C)(C)c1ccccc1-2. The van der Waals surface area contributed by atoms with Crippen molar-refractivity contribution in [1.29, 1.82) is 0 Å². The van der Waals surface area contributed by atoms with E-state index in [0.717, 1.165) is 0 Å². The summed E-state index contributed by atoms with van der Waals surface area (Å²) in [5.74, 6) is 0. The Balaban J connectivity index is 1.50. The lowest BCUT2D eigenvalue weighted by atomic mass is 9.81. The molecule has 0 fully saturated rings. The molecule has 1 nitrogen and oxygen atoms in total. The minimum Gasteiger partial charge on any atom is -0.344 e. The Morgan fingerprint density at radius 3 is 1.81 bits per heavy atom. The summed E-state index contributed by atoms with van der Waals surface area (Å²) in [5, 5.41) is 0. The maximum atomic E-state index is 2.41. The predicted molar refractivity (Wildman–Crippen MR) is 136 cm³/mol. The molecule has 6 rings (SSSR count). The number of hydrogen-bond donors (Lipinski definition) is 0. The standard InChI is InChI=1S/C31H29N/c1-30(2)25-14-8-6-11-21(25)23-18-17-20(19-27(23)30)32(5)28-16-10-13-24-22-12-7-9-15-26(22)31(3,4)29(24)28/h6-19H,1-5H3. The number of anilines is 2. The van der Waals surface area contributed by atoms with Crippen LogP contribution in [0.3, 0.4) is 0 Å². The topological polar surface area (TPSA) is 3.24 Å². The highest BCUT2D eigenvalue weighted by molar-refractivity contribution is 5.88. The number of fused-ring (bicyclic) bond motifs is 6. The molecule has 0 amide bonds. The highest BCUT2D eigenvalue weighted by Crippen LogP contribution is 2.54. The number of rotatable bonds is 2. The van der Waals surface area contributed by atoms with Crippen molar-refractivity contribution < 1.29 is 0 Å². The van der Waals surface area contributed by atoms with Gasteiger partial charge in [-0.15, -0.1) is 0 Å². The maximum absolute atomic E-state index is 2.41. The van der Waals surface area contributed by atoms with Crippen LogP contribution in [-0.2, 0) is 10.8 Å². The molecule has 2 aliphatic carbocycles. The van der Waals surface area contributed by atoms with E-state index in [2.05, 4.69) is 125 Å². The van der Waals surface area contributed by atoms with Gasteiger partial charge < -0.3 is 4.90 Å². The first-order valence-electron chi connectivity index (χ1n) is 11.5. The second kappa shape index (κ2) is 6.36. The van der Waals surface area contributed by atoms with E-state index < -0.39 is 0 Å². The molecule has 0 saturated heterocycles. The van der Waals surface area contributed by atoms with Crippen LogP contribution in [0, 0.1) is 0 Å². The lowest BCUT2D eigenvalue weighted by Gasteiger charge is -2.30. The van der Waals surface area contributed by atoms with Crippen molar-refractivity contribution in [1.82, 2.24) is 0 Å². The van der Waals surface area contributed by atoms with Crippen LogP contribution in [0.2, 0.25) is 0 Å². The zero-order valence-electron chi connectivity index (χ0n) is 19.5. The van der Waals surface area contributed by atoms with E-state index in [9.17, 15) is 0 Å². The molecule has 4 aromatic rings. The Morgan fingerprint density at radius 1 is 0.531 bits per heavy atom. The molecule has 0 aliphatic heterocycles. The van der Waals surface area contributed by atoms with Crippen molar-refractivity contribution in [3.05, 3.63) is 107 Å². The van der Waals surface area contributed by atoms with E-state index in [-0.39, 0.29) is 10.8 Å². The number of nitrogens with zero attached hydrogens (tertiary/aromatic N) is 1. The minimum absolute atomic E-state index is 0.0108. The first-order chi connectivity index (χ1) is 15.3. The quantitative estimate of drug-likeness (QED) is 0.320. The second-order valence-electron chi connectivity index (χ2n) is 10.3. The van der Waals surface area contributed by atoms with Crippen LogP contribution < -0.4 is 4.90 Å². The van der Waals surface area contributed by atoms with Gasteiger partial charge in [0.1, 0.15) is 0 Å². The van der Waals surface area contributed by atoms with E-state index in [1.165, 1.54) is 55.9 Å². The molecule has 0 spiro atoms. The molecule has 158 valence electrons. The van der Waals surface area contributed by atoms with Gasteiger partial charge in [0.25, 0.3) is 0 Å². The molecule has 0 aromatic heterocycles. The van der Waals surface area contributed by atoms with Crippen molar-refractivity contribution in [3.8, 4) is 22.3 Å². The van der Waals surface area contributed by atoms with Gasteiger partial charge in [-0.25, -0.2) is 0 Å². The lowest BCUT2D eigenvalue weighted by molar-refractivity contribution is 0.658. The van der Waals surface area contributed by atoms with E-state index in [1.54, 1.807) is 0 Å².